The summed E-state index contributed by atoms with van der Waals surface area (Å²) >= 11 is 1.85. The Morgan fingerprint density at radius 1 is 1.33 bits per heavy atom. The van der Waals surface area contributed by atoms with Crippen LogP contribution in [0.5, 0.6) is 0 Å². The lowest BCUT2D eigenvalue weighted by Crippen LogP contribution is -1.95. The second-order valence-electron chi connectivity index (χ2n) is 3.75. The minimum atomic E-state index is 0.168. The van der Waals surface area contributed by atoms with E-state index in [1.807, 2.05) is 11.3 Å². The van der Waals surface area contributed by atoms with E-state index in [4.69, 9.17) is 4.74 Å². The van der Waals surface area contributed by atoms with Crippen LogP contribution in [0.1, 0.15) is 16.5 Å². The maximum Gasteiger partial charge on any atom is 0.103 e. The lowest BCUT2D eigenvalue weighted by atomic mass is 10.1. The quantitative estimate of drug-likeness (QED) is 0.658. The summed E-state index contributed by atoms with van der Waals surface area (Å²) in [5.41, 5.74) is 1.35. The van der Waals surface area contributed by atoms with Crippen molar-refractivity contribution in [3.8, 4) is 0 Å². The van der Waals surface area contributed by atoms with E-state index in [2.05, 4.69) is 43.3 Å². The zero-order chi connectivity index (χ0) is 10.3. The third-order valence-electron chi connectivity index (χ3n) is 2.79. The molecular weight excluding hydrogens is 204 g/mol. The first kappa shape index (κ1) is 9.13. The highest BCUT2D eigenvalue weighted by Gasteiger charge is 2.19. The number of benzene rings is 1. The molecule has 1 aliphatic rings. The molecule has 1 nitrogen and oxygen atoms in total. The van der Waals surface area contributed by atoms with Gasteiger partial charge in [0, 0.05) is 15.1 Å². The normalized spacial score (nSPS) is 20.2. The Morgan fingerprint density at radius 2 is 2.20 bits per heavy atom. The highest BCUT2D eigenvalue weighted by Crippen LogP contribution is 2.37. The molecule has 0 spiro atoms. The summed E-state index contributed by atoms with van der Waals surface area (Å²) < 4.78 is 7.04. The van der Waals surface area contributed by atoms with Crippen LogP contribution < -0.4 is 0 Å². The molecule has 2 heteroatoms. The van der Waals surface area contributed by atoms with Gasteiger partial charge in [0.25, 0.3) is 0 Å². The van der Waals surface area contributed by atoms with Gasteiger partial charge < -0.3 is 4.74 Å². The van der Waals surface area contributed by atoms with Crippen LogP contribution in [-0.2, 0) is 4.74 Å². The summed E-state index contributed by atoms with van der Waals surface area (Å²) in [4.78, 5) is 1.37. The van der Waals surface area contributed by atoms with Crippen LogP contribution in [0.4, 0.5) is 0 Å². The summed E-state index contributed by atoms with van der Waals surface area (Å²) in [6.07, 6.45) is 4.42. The largest absolute Gasteiger partial charge is 0.365 e. The summed E-state index contributed by atoms with van der Waals surface area (Å²) in [6, 6.07) is 8.54. The molecule has 1 atom stereocenters. The van der Waals surface area contributed by atoms with Gasteiger partial charge in [0.15, 0.2) is 0 Å². The molecule has 0 fully saturated rings. The lowest BCUT2D eigenvalue weighted by Gasteiger charge is -2.08. The molecule has 0 saturated heterocycles. The molecule has 1 aliphatic heterocycles. The molecular formula is C13H12OS. The summed E-state index contributed by atoms with van der Waals surface area (Å²) in [6.45, 7) is 2.92. The second kappa shape index (κ2) is 3.47. The van der Waals surface area contributed by atoms with Crippen molar-refractivity contribution in [1.29, 1.82) is 0 Å². The van der Waals surface area contributed by atoms with Gasteiger partial charge in [-0.2, -0.15) is 0 Å². The van der Waals surface area contributed by atoms with E-state index >= 15 is 0 Å². The van der Waals surface area contributed by atoms with Crippen molar-refractivity contribution in [2.45, 2.75) is 13.0 Å². The maximum absolute atomic E-state index is 5.68. The molecule has 3 rings (SSSR count). The predicted octanol–water partition coefficient (Wildman–Crippen LogP) is 3.84. The van der Waals surface area contributed by atoms with Crippen molar-refractivity contribution in [1.82, 2.24) is 0 Å². The zero-order valence-corrected chi connectivity index (χ0v) is 9.38. The first-order valence-corrected chi connectivity index (χ1v) is 5.94. The Kier molecular flexibility index (Phi) is 2.11. The van der Waals surface area contributed by atoms with Crippen LogP contribution in [0, 0.1) is 6.92 Å². The molecule has 15 heavy (non-hydrogen) atoms. The summed E-state index contributed by atoms with van der Waals surface area (Å²) in [5.74, 6) is 0. The fourth-order valence-electron chi connectivity index (χ4n) is 2.11. The minimum absolute atomic E-state index is 0.168. The number of hydrogen-bond donors (Lipinski definition) is 0. The van der Waals surface area contributed by atoms with Gasteiger partial charge in [0.1, 0.15) is 6.10 Å². The van der Waals surface area contributed by atoms with Crippen molar-refractivity contribution < 1.29 is 4.74 Å². The van der Waals surface area contributed by atoms with Crippen LogP contribution in [0.25, 0.3) is 10.1 Å². The second-order valence-corrected chi connectivity index (χ2v) is 5.01. The van der Waals surface area contributed by atoms with Gasteiger partial charge in [-0.25, -0.2) is 0 Å². The molecule has 1 unspecified atom stereocenters. The number of hydrogen-bond acceptors (Lipinski definition) is 2. The van der Waals surface area contributed by atoms with Gasteiger partial charge >= 0.3 is 0 Å². The van der Waals surface area contributed by atoms with E-state index in [0.717, 1.165) is 6.61 Å². The minimum Gasteiger partial charge on any atom is -0.365 e. The van der Waals surface area contributed by atoms with Crippen molar-refractivity contribution in [3.05, 3.63) is 46.9 Å². The molecule has 0 bridgehead atoms. The Labute approximate surface area is 93.0 Å². The first-order chi connectivity index (χ1) is 7.36. The number of aryl methyl sites for hydroxylation is 1. The summed E-state index contributed by atoms with van der Waals surface area (Å²) in [7, 11) is 0. The third kappa shape index (κ3) is 1.41. The van der Waals surface area contributed by atoms with Crippen LogP contribution in [0.2, 0.25) is 0 Å². The Bertz CT molecular complexity index is 524. The van der Waals surface area contributed by atoms with E-state index in [9.17, 15) is 0 Å². The number of rotatable bonds is 1. The zero-order valence-electron chi connectivity index (χ0n) is 8.57. The van der Waals surface area contributed by atoms with E-state index in [1.165, 1.54) is 20.5 Å². The van der Waals surface area contributed by atoms with Crippen LogP contribution in [0.3, 0.4) is 0 Å². The number of fused-ring (bicyclic) bond motifs is 1. The monoisotopic (exact) mass is 216 g/mol. The molecule has 0 radical (unpaired) electrons. The van der Waals surface area contributed by atoms with Gasteiger partial charge in [0.2, 0.25) is 0 Å². The smallest absolute Gasteiger partial charge is 0.103 e. The fraction of sp³-hybridized carbons (Fsp3) is 0.231. The highest BCUT2D eigenvalue weighted by molar-refractivity contribution is 7.19. The van der Waals surface area contributed by atoms with E-state index in [1.54, 1.807) is 0 Å². The van der Waals surface area contributed by atoms with Gasteiger partial charge in [0.05, 0.1) is 6.61 Å². The molecule has 76 valence electrons. The van der Waals surface area contributed by atoms with Gasteiger partial charge in [-0.05, 0) is 18.4 Å². The van der Waals surface area contributed by atoms with E-state index in [0.29, 0.717) is 0 Å². The maximum atomic E-state index is 5.68. The van der Waals surface area contributed by atoms with E-state index in [-0.39, 0.29) is 6.10 Å². The SMILES string of the molecule is Cc1sc2ccccc2c1C1C=CCO1. The molecule has 1 aromatic heterocycles. The molecule has 2 aromatic rings. The highest BCUT2D eigenvalue weighted by atomic mass is 32.1. The molecule has 0 saturated carbocycles. The van der Waals surface area contributed by atoms with Crippen molar-refractivity contribution in [2.75, 3.05) is 6.61 Å². The predicted molar refractivity (Wildman–Crippen MR) is 64.4 cm³/mol. The Balaban J connectivity index is 2.23. The number of thiophene rings is 1. The van der Waals surface area contributed by atoms with Crippen LogP contribution in [-0.4, -0.2) is 6.61 Å². The average Bonchev–Trinajstić information content (AvgIpc) is 2.82. The van der Waals surface area contributed by atoms with E-state index < -0.39 is 0 Å². The third-order valence-corrected chi connectivity index (χ3v) is 3.89. The van der Waals surface area contributed by atoms with Gasteiger partial charge in [-0.1, -0.05) is 30.4 Å². The molecule has 0 aliphatic carbocycles. The Hall–Kier alpha value is -1.12. The average molecular weight is 216 g/mol. The van der Waals surface area contributed by atoms with Crippen LogP contribution in [0.15, 0.2) is 36.4 Å². The van der Waals surface area contributed by atoms with Gasteiger partial charge in [-0.15, -0.1) is 11.3 Å². The topological polar surface area (TPSA) is 9.23 Å². The molecule has 0 N–H and O–H groups in total. The van der Waals surface area contributed by atoms with Crippen molar-refractivity contribution >= 4 is 21.4 Å². The van der Waals surface area contributed by atoms with Crippen LogP contribution >= 0.6 is 11.3 Å². The van der Waals surface area contributed by atoms with Gasteiger partial charge in [-0.3, -0.25) is 0 Å². The first-order valence-electron chi connectivity index (χ1n) is 5.12. The lowest BCUT2D eigenvalue weighted by molar-refractivity contribution is 0.130. The standard InChI is InChI=1S/C13H12OS/c1-9-13(11-6-4-8-14-11)10-5-2-3-7-12(10)15-9/h2-7,11H,8H2,1H3. The molecule has 1 aromatic carbocycles. The number of ether oxygens (including phenoxy) is 1. The fourth-order valence-corrected chi connectivity index (χ4v) is 3.22. The van der Waals surface area contributed by atoms with Crippen molar-refractivity contribution in [3.63, 3.8) is 0 Å². The Morgan fingerprint density at radius 3 is 3.00 bits per heavy atom. The molecule has 2 heterocycles. The van der Waals surface area contributed by atoms with Crippen molar-refractivity contribution in [2.24, 2.45) is 0 Å². The summed E-state index contributed by atoms with van der Waals surface area (Å²) in [5, 5.41) is 1.34. The molecule has 0 amide bonds.